The highest BCUT2D eigenvalue weighted by molar-refractivity contribution is 7.19. The van der Waals surface area contributed by atoms with E-state index in [0.717, 1.165) is 43.6 Å². The molecule has 26 heavy (non-hydrogen) atoms. The van der Waals surface area contributed by atoms with Crippen molar-refractivity contribution in [1.82, 2.24) is 14.9 Å². The fraction of sp³-hybridized carbons (Fsp3) is 0.400. The maximum atomic E-state index is 5.99. The molecule has 2 aliphatic rings. The number of thiophene rings is 1. The lowest BCUT2D eigenvalue weighted by molar-refractivity contribution is 0.249. The van der Waals surface area contributed by atoms with Crippen LogP contribution in [0.3, 0.4) is 0 Å². The lowest BCUT2D eigenvalue weighted by Crippen LogP contribution is -2.46. The van der Waals surface area contributed by atoms with Crippen LogP contribution in [0.2, 0.25) is 5.02 Å². The van der Waals surface area contributed by atoms with Gasteiger partial charge in [-0.3, -0.25) is 4.90 Å². The van der Waals surface area contributed by atoms with Gasteiger partial charge in [0.05, 0.1) is 5.39 Å². The summed E-state index contributed by atoms with van der Waals surface area (Å²) in [6.07, 6.45) is 5.42. The second kappa shape index (κ2) is 6.80. The van der Waals surface area contributed by atoms with Gasteiger partial charge in [0.15, 0.2) is 0 Å². The number of piperazine rings is 1. The number of hydrogen-bond acceptors (Lipinski definition) is 5. The Morgan fingerprint density at radius 1 is 1.00 bits per heavy atom. The SMILES string of the molecule is Clc1ccc(CN2CCN(c3ncnc4sc5c(c34)CCC5)CC2)cc1. The van der Waals surface area contributed by atoms with Crippen LogP contribution in [0.1, 0.15) is 22.4 Å². The van der Waals surface area contributed by atoms with E-state index in [2.05, 4.69) is 31.9 Å². The number of aromatic nitrogens is 2. The molecule has 0 radical (unpaired) electrons. The van der Waals surface area contributed by atoms with Gasteiger partial charge >= 0.3 is 0 Å². The number of benzene rings is 1. The van der Waals surface area contributed by atoms with Gasteiger partial charge < -0.3 is 4.90 Å². The summed E-state index contributed by atoms with van der Waals surface area (Å²) >= 11 is 7.86. The van der Waals surface area contributed by atoms with Crippen molar-refractivity contribution in [1.29, 1.82) is 0 Å². The molecular formula is C20H21ClN4S. The van der Waals surface area contributed by atoms with E-state index in [9.17, 15) is 0 Å². The lowest BCUT2D eigenvalue weighted by Gasteiger charge is -2.35. The lowest BCUT2D eigenvalue weighted by atomic mass is 10.1. The fourth-order valence-corrected chi connectivity index (χ4v) is 5.47. The molecule has 0 amide bonds. The molecule has 1 saturated heterocycles. The van der Waals surface area contributed by atoms with E-state index in [4.69, 9.17) is 11.6 Å². The second-order valence-corrected chi connectivity index (χ2v) is 8.64. The third-order valence-corrected chi connectivity index (χ3v) is 6.92. The van der Waals surface area contributed by atoms with Crippen LogP contribution in [-0.4, -0.2) is 41.0 Å². The van der Waals surface area contributed by atoms with Crippen LogP contribution >= 0.6 is 22.9 Å². The normalized spacial score (nSPS) is 17.8. The summed E-state index contributed by atoms with van der Waals surface area (Å²) in [4.78, 5) is 16.9. The molecule has 2 aromatic heterocycles. The Morgan fingerprint density at radius 2 is 1.81 bits per heavy atom. The number of rotatable bonds is 3. The number of anilines is 1. The number of fused-ring (bicyclic) bond motifs is 3. The minimum atomic E-state index is 0.801. The molecule has 3 aromatic rings. The molecule has 4 nitrogen and oxygen atoms in total. The number of nitrogens with zero attached hydrogens (tertiary/aromatic N) is 4. The van der Waals surface area contributed by atoms with Gasteiger partial charge in [0, 0.05) is 42.6 Å². The molecule has 5 rings (SSSR count). The quantitative estimate of drug-likeness (QED) is 0.678. The summed E-state index contributed by atoms with van der Waals surface area (Å²) < 4.78 is 0. The van der Waals surface area contributed by atoms with Crippen molar-refractivity contribution >= 4 is 39.0 Å². The Morgan fingerprint density at radius 3 is 2.62 bits per heavy atom. The largest absolute Gasteiger partial charge is 0.353 e. The molecular weight excluding hydrogens is 364 g/mol. The molecule has 0 atom stereocenters. The summed E-state index contributed by atoms with van der Waals surface area (Å²) in [5.41, 5.74) is 2.84. The van der Waals surface area contributed by atoms with E-state index in [1.165, 1.54) is 45.5 Å². The van der Waals surface area contributed by atoms with Crippen molar-refractivity contribution in [2.24, 2.45) is 0 Å². The molecule has 1 aliphatic carbocycles. The van der Waals surface area contributed by atoms with Crippen molar-refractivity contribution in [3.63, 3.8) is 0 Å². The first-order valence-corrected chi connectivity index (χ1v) is 10.4. The number of hydrogen-bond donors (Lipinski definition) is 0. The molecule has 6 heteroatoms. The molecule has 1 aliphatic heterocycles. The second-order valence-electron chi connectivity index (χ2n) is 7.12. The highest BCUT2D eigenvalue weighted by Gasteiger charge is 2.25. The summed E-state index contributed by atoms with van der Waals surface area (Å²) in [5.74, 6) is 1.15. The zero-order valence-electron chi connectivity index (χ0n) is 14.6. The average molecular weight is 385 g/mol. The van der Waals surface area contributed by atoms with Crippen LogP contribution in [0.15, 0.2) is 30.6 Å². The molecule has 1 fully saturated rings. The smallest absolute Gasteiger partial charge is 0.141 e. The van der Waals surface area contributed by atoms with E-state index >= 15 is 0 Å². The summed E-state index contributed by atoms with van der Waals surface area (Å²) in [6, 6.07) is 8.19. The predicted molar refractivity (Wildman–Crippen MR) is 108 cm³/mol. The molecule has 0 unspecified atom stereocenters. The predicted octanol–water partition coefficient (Wildman–Crippen LogP) is 4.16. The van der Waals surface area contributed by atoms with Crippen molar-refractivity contribution in [3.05, 3.63) is 51.6 Å². The molecule has 0 bridgehead atoms. The van der Waals surface area contributed by atoms with Crippen molar-refractivity contribution < 1.29 is 0 Å². The molecule has 0 spiro atoms. The van der Waals surface area contributed by atoms with E-state index in [0.29, 0.717) is 0 Å². The van der Waals surface area contributed by atoms with Crippen LogP contribution < -0.4 is 4.90 Å². The number of aryl methyl sites for hydroxylation is 2. The van der Waals surface area contributed by atoms with Gasteiger partial charge in [-0.05, 0) is 42.5 Å². The van der Waals surface area contributed by atoms with Crippen LogP contribution in [0.5, 0.6) is 0 Å². The van der Waals surface area contributed by atoms with Crippen molar-refractivity contribution in [2.45, 2.75) is 25.8 Å². The van der Waals surface area contributed by atoms with Gasteiger partial charge in [-0.25, -0.2) is 9.97 Å². The molecule has 1 aromatic carbocycles. The maximum absolute atomic E-state index is 5.99. The Kier molecular flexibility index (Phi) is 4.31. The number of halogens is 1. The summed E-state index contributed by atoms with van der Waals surface area (Å²) in [6.45, 7) is 5.13. The minimum Gasteiger partial charge on any atom is -0.353 e. The Balaban J connectivity index is 1.33. The average Bonchev–Trinajstić information content (AvgIpc) is 3.25. The Hall–Kier alpha value is -1.69. The first kappa shape index (κ1) is 16.5. The monoisotopic (exact) mass is 384 g/mol. The maximum Gasteiger partial charge on any atom is 0.141 e. The van der Waals surface area contributed by atoms with E-state index < -0.39 is 0 Å². The third-order valence-electron chi connectivity index (χ3n) is 5.47. The van der Waals surface area contributed by atoms with Gasteiger partial charge in [-0.1, -0.05) is 23.7 Å². The van der Waals surface area contributed by atoms with Gasteiger partial charge in [0.1, 0.15) is 17.0 Å². The zero-order chi connectivity index (χ0) is 17.5. The minimum absolute atomic E-state index is 0.801. The van der Waals surface area contributed by atoms with Gasteiger partial charge in [-0.15, -0.1) is 11.3 Å². The van der Waals surface area contributed by atoms with Crippen LogP contribution in [0.4, 0.5) is 5.82 Å². The Bertz CT molecular complexity index is 929. The van der Waals surface area contributed by atoms with E-state index in [1.807, 2.05) is 23.5 Å². The van der Waals surface area contributed by atoms with Crippen molar-refractivity contribution in [2.75, 3.05) is 31.1 Å². The highest BCUT2D eigenvalue weighted by Crippen LogP contribution is 2.40. The van der Waals surface area contributed by atoms with Crippen molar-refractivity contribution in [3.8, 4) is 0 Å². The van der Waals surface area contributed by atoms with Crippen LogP contribution in [0.25, 0.3) is 10.2 Å². The molecule has 134 valence electrons. The standard InChI is InChI=1S/C20H21ClN4S/c21-15-6-4-14(5-7-15)12-24-8-10-25(11-9-24)19-18-16-2-1-3-17(16)26-20(18)23-13-22-19/h4-7,13H,1-3,8-12H2. The van der Waals surface area contributed by atoms with Gasteiger partial charge in [0.25, 0.3) is 0 Å². The molecule has 0 N–H and O–H groups in total. The summed E-state index contributed by atoms with van der Waals surface area (Å²) in [7, 11) is 0. The third kappa shape index (κ3) is 2.98. The summed E-state index contributed by atoms with van der Waals surface area (Å²) in [5, 5.41) is 2.13. The topological polar surface area (TPSA) is 32.3 Å². The first-order valence-electron chi connectivity index (χ1n) is 9.25. The van der Waals surface area contributed by atoms with Gasteiger partial charge in [0.2, 0.25) is 0 Å². The van der Waals surface area contributed by atoms with Crippen LogP contribution in [0, 0.1) is 0 Å². The Labute approximate surface area is 162 Å². The van der Waals surface area contributed by atoms with Crippen LogP contribution in [-0.2, 0) is 19.4 Å². The molecule has 0 saturated carbocycles. The first-order chi connectivity index (χ1) is 12.8. The molecule has 3 heterocycles. The van der Waals surface area contributed by atoms with Gasteiger partial charge in [-0.2, -0.15) is 0 Å². The van der Waals surface area contributed by atoms with E-state index in [1.54, 1.807) is 6.33 Å². The van der Waals surface area contributed by atoms with E-state index in [-0.39, 0.29) is 0 Å². The zero-order valence-corrected chi connectivity index (χ0v) is 16.2. The highest BCUT2D eigenvalue weighted by atomic mass is 35.5. The fourth-order valence-electron chi connectivity index (χ4n) is 4.12.